The second-order valence-electron chi connectivity index (χ2n) is 7.29. The van der Waals surface area contributed by atoms with Crippen molar-refractivity contribution in [1.82, 2.24) is 16.0 Å². The highest BCUT2D eigenvalue weighted by molar-refractivity contribution is 7.98. The molecule has 0 bridgehead atoms. The molecule has 0 aliphatic carbocycles. The summed E-state index contributed by atoms with van der Waals surface area (Å²) in [6.45, 7) is 0. The number of amides is 4. The highest BCUT2D eigenvalue weighted by atomic mass is 32.2. The van der Waals surface area contributed by atoms with Crippen molar-refractivity contribution in [3.05, 3.63) is 0 Å². The minimum absolute atomic E-state index is 0.125. The number of nitrogens with one attached hydrogen (secondary N) is 3. The molecular formula is C19H33N5O8S2. The standard InChI is InChI=1S/C19H33N5O8S2/c1-33-7-5-11(22-16(28)10(20)3-4-15(26)27)17(29)24-13(9-14(21)25)18(30)23-12(19(31)32)6-8-34-2/h10-13H,3-9,20H2,1-2H3,(H2,21,25)(H,22,28)(H,23,30)(H,24,29)(H,26,27)(H,31,32). The monoisotopic (exact) mass is 523 g/mol. The molecule has 4 amide bonds. The van der Waals surface area contributed by atoms with Crippen LogP contribution in [0.15, 0.2) is 0 Å². The van der Waals surface area contributed by atoms with Crippen LogP contribution in [0.2, 0.25) is 0 Å². The van der Waals surface area contributed by atoms with Crippen molar-refractivity contribution in [3.8, 4) is 0 Å². The molecule has 194 valence electrons. The fourth-order valence-corrected chi connectivity index (χ4v) is 3.58. The Hall–Kier alpha value is -2.52. The maximum Gasteiger partial charge on any atom is 0.326 e. The van der Waals surface area contributed by atoms with Gasteiger partial charge in [0.25, 0.3) is 0 Å². The number of carbonyl (C=O) groups is 6. The Labute approximate surface area is 205 Å². The Balaban J connectivity index is 5.42. The van der Waals surface area contributed by atoms with E-state index in [-0.39, 0.29) is 25.7 Å². The first-order valence-corrected chi connectivity index (χ1v) is 13.1. The van der Waals surface area contributed by atoms with E-state index in [0.29, 0.717) is 11.5 Å². The van der Waals surface area contributed by atoms with Crippen LogP contribution in [0.5, 0.6) is 0 Å². The van der Waals surface area contributed by atoms with Crippen LogP contribution < -0.4 is 27.4 Å². The second-order valence-corrected chi connectivity index (χ2v) is 9.27. The molecule has 0 heterocycles. The van der Waals surface area contributed by atoms with E-state index in [1.54, 1.807) is 12.5 Å². The highest BCUT2D eigenvalue weighted by Gasteiger charge is 2.31. The zero-order chi connectivity index (χ0) is 26.3. The molecule has 0 rings (SSSR count). The topological polar surface area (TPSA) is 231 Å². The number of nitrogens with two attached hydrogens (primary N) is 2. The predicted octanol–water partition coefficient (Wildman–Crippen LogP) is -1.90. The lowest BCUT2D eigenvalue weighted by Crippen LogP contribution is -2.57. The largest absolute Gasteiger partial charge is 0.481 e. The molecule has 0 aromatic carbocycles. The fraction of sp³-hybridized carbons (Fsp3) is 0.684. The van der Waals surface area contributed by atoms with Crippen molar-refractivity contribution in [3.63, 3.8) is 0 Å². The van der Waals surface area contributed by atoms with Crippen LogP contribution in [0.1, 0.15) is 32.1 Å². The first-order valence-electron chi connectivity index (χ1n) is 10.3. The normalized spacial score (nSPS) is 14.2. The minimum atomic E-state index is -1.46. The fourth-order valence-electron chi connectivity index (χ4n) is 2.64. The van der Waals surface area contributed by atoms with Gasteiger partial charge in [0.2, 0.25) is 23.6 Å². The van der Waals surface area contributed by atoms with Crippen LogP contribution in [0.25, 0.3) is 0 Å². The van der Waals surface area contributed by atoms with Gasteiger partial charge in [0, 0.05) is 6.42 Å². The van der Waals surface area contributed by atoms with Crippen molar-refractivity contribution in [2.24, 2.45) is 11.5 Å². The average molecular weight is 524 g/mol. The summed E-state index contributed by atoms with van der Waals surface area (Å²) in [6.07, 6.45) is 2.76. The molecule has 0 aliphatic heterocycles. The van der Waals surface area contributed by atoms with Crippen LogP contribution in [-0.4, -0.2) is 94.0 Å². The van der Waals surface area contributed by atoms with Crippen molar-refractivity contribution in [2.45, 2.75) is 56.3 Å². The van der Waals surface area contributed by atoms with Crippen molar-refractivity contribution >= 4 is 59.1 Å². The maximum atomic E-state index is 12.8. The molecule has 0 aromatic heterocycles. The highest BCUT2D eigenvalue weighted by Crippen LogP contribution is 2.06. The van der Waals surface area contributed by atoms with E-state index in [2.05, 4.69) is 16.0 Å². The number of primary amides is 1. The Morgan fingerprint density at radius 2 is 1.24 bits per heavy atom. The molecular weight excluding hydrogens is 490 g/mol. The number of carbonyl (C=O) groups excluding carboxylic acids is 4. The van der Waals surface area contributed by atoms with E-state index in [4.69, 9.17) is 16.6 Å². The maximum absolute atomic E-state index is 12.8. The smallest absolute Gasteiger partial charge is 0.326 e. The first kappa shape index (κ1) is 31.5. The van der Waals surface area contributed by atoms with E-state index < -0.39 is 66.2 Å². The molecule has 0 fully saturated rings. The molecule has 0 spiro atoms. The van der Waals surface area contributed by atoms with Gasteiger partial charge >= 0.3 is 11.9 Å². The summed E-state index contributed by atoms with van der Waals surface area (Å²) in [4.78, 5) is 71.3. The lowest BCUT2D eigenvalue weighted by Gasteiger charge is -2.24. The molecule has 0 radical (unpaired) electrons. The van der Waals surface area contributed by atoms with Crippen LogP contribution in [0.3, 0.4) is 0 Å². The Morgan fingerprint density at radius 1 is 0.765 bits per heavy atom. The number of thioether (sulfide) groups is 2. The summed E-state index contributed by atoms with van der Waals surface area (Å²) in [5, 5.41) is 25.1. The summed E-state index contributed by atoms with van der Waals surface area (Å²) in [6, 6.07) is -4.99. The number of hydrogen-bond acceptors (Lipinski definition) is 9. The van der Waals surface area contributed by atoms with Gasteiger partial charge in [-0.25, -0.2) is 4.79 Å². The molecule has 4 atom stereocenters. The van der Waals surface area contributed by atoms with Gasteiger partial charge in [-0.3, -0.25) is 24.0 Å². The van der Waals surface area contributed by atoms with Gasteiger partial charge in [-0.15, -0.1) is 0 Å². The van der Waals surface area contributed by atoms with Crippen LogP contribution >= 0.6 is 23.5 Å². The van der Waals surface area contributed by atoms with Gasteiger partial charge in [0.05, 0.1) is 12.5 Å². The molecule has 0 saturated heterocycles. The lowest BCUT2D eigenvalue weighted by molar-refractivity contribution is -0.142. The third-order valence-electron chi connectivity index (χ3n) is 4.51. The molecule has 13 nitrogen and oxygen atoms in total. The molecule has 15 heteroatoms. The Kier molecular flexibility index (Phi) is 15.7. The molecule has 0 aromatic rings. The zero-order valence-corrected chi connectivity index (χ0v) is 20.7. The summed E-state index contributed by atoms with van der Waals surface area (Å²) in [5.41, 5.74) is 10.9. The van der Waals surface area contributed by atoms with Gasteiger partial charge in [0.1, 0.15) is 18.1 Å². The summed E-state index contributed by atoms with van der Waals surface area (Å²) >= 11 is 2.78. The van der Waals surface area contributed by atoms with E-state index in [1.807, 2.05) is 0 Å². The molecule has 34 heavy (non-hydrogen) atoms. The van der Waals surface area contributed by atoms with Crippen LogP contribution in [0.4, 0.5) is 0 Å². The third-order valence-corrected chi connectivity index (χ3v) is 5.80. The quantitative estimate of drug-likeness (QED) is 0.105. The SMILES string of the molecule is CSCCC(NC(=O)C(CC(N)=O)NC(=O)C(CCSC)NC(=O)C(N)CCC(=O)O)C(=O)O. The summed E-state index contributed by atoms with van der Waals surface area (Å²) in [5.74, 6) is -4.86. The zero-order valence-electron chi connectivity index (χ0n) is 19.1. The van der Waals surface area contributed by atoms with Crippen molar-refractivity contribution < 1.29 is 39.0 Å². The number of carboxylic acid groups (broad SMARTS) is 2. The summed E-state index contributed by atoms with van der Waals surface area (Å²) in [7, 11) is 0. The van der Waals surface area contributed by atoms with Gasteiger partial charge in [-0.2, -0.15) is 23.5 Å². The van der Waals surface area contributed by atoms with Gasteiger partial charge in [-0.1, -0.05) is 0 Å². The number of hydrogen-bond donors (Lipinski definition) is 7. The van der Waals surface area contributed by atoms with Crippen LogP contribution in [0, 0.1) is 0 Å². The van der Waals surface area contributed by atoms with Gasteiger partial charge in [-0.05, 0) is 43.3 Å². The van der Waals surface area contributed by atoms with E-state index in [9.17, 15) is 33.9 Å². The number of aliphatic carboxylic acids is 2. The molecule has 4 unspecified atom stereocenters. The first-order chi connectivity index (χ1) is 15.9. The van der Waals surface area contributed by atoms with Crippen molar-refractivity contribution in [1.29, 1.82) is 0 Å². The predicted molar refractivity (Wildman–Crippen MR) is 128 cm³/mol. The van der Waals surface area contributed by atoms with E-state index in [0.717, 1.165) is 0 Å². The molecule has 9 N–H and O–H groups in total. The second kappa shape index (κ2) is 17.0. The minimum Gasteiger partial charge on any atom is -0.481 e. The summed E-state index contributed by atoms with van der Waals surface area (Å²) < 4.78 is 0. The van der Waals surface area contributed by atoms with Crippen LogP contribution in [-0.2, 0) is 28.8 Å². The lowest BCUT2D eigenvalue weighted by atomic mass is 10.1. The van der Waals surface area contributed by atoms with Gasteiger partial charge < -0.3 is 37.6 Å². The molecule has 0 aliphatic rings. The average Bonchev–Trinajstić information content (AvgIpc) is 2.76. The van der Waals surface area contributed by atoms with E-state index >= 15 is 0 Å². The Morgan fingerprint density at radius 3 is 1.71 bits per heavy atom. The van der Waals surface area contributed by atoms with Gasteiger partial charge in [0.15, 0.2) is 0 Å². The number of rotatable bonds is 18. The molecule has 0 saturated carbocycles. The number of carboxylic acids is 2. The Bertz CT molecular complexity index is 739. The van der Waals surface area contributed by atoms with E-state index in [1.165, 1.54) is 23.5 Å². The third kappa shape index (κ3) is 13.3. The van der Waals surface area contributed by atoms with Crippen molar-refractivity contribution in [2.75, 3.05) is 24.0 Å².